The highest BCUT2D eigenvalue weighted by Crippen LogP contribution is 2.22. The second-order valence-corrected chi connectivity index (χ2v) is 4.80. The first-order valence-electron chi connectivity index (χ1n) is 5.81. The van der Waals surface area contributed by atoms with E-state index in [9.17, 15) is 0 Å². The van der Waals surface area contributed by atoms with Gasteiger partial charge in [0.25, 0.3) is 0 Å². The number of halogens is 1. The van der Waals surface area contributed by atoms with Gasteiger partial charge < -0.3 is 10.5 Å². The normalized spacial score (nSPS) is 12.7. The van der Waals surface area contributed by atoms with Crippen LogP contribution in [0.15, 0.2) is 28.7 Å². The molecule has 1 rings (SSSR count). The first-order chi connectivity index (χ1) is 7.77. The summed E-state index contributed by atoms with van der Waals surface area (Å²) in [6.07, 6.45) is 2.07. The number of rotatable bonds is 7. The maximum absolute atomic E-state index is 5.80. The minimum Gasteiger partial charge on any atom is -0.381 e. The summed E-state index contributed by atoms with van der Waals surface area (Å²) in [5.41, 5.74) is 7.09. The Labute approximate surface area is 106 Å². The van der Waals surface area contributed by atoms with Crippen LogP contribution in [-0.4, -0.2) is 19.8 Å². The molecule has 0 aliphatic heterocycles. The Kier molecular flexibility index (Phi) is 6.69. The number of hydrogen-bond donors (Lipinski definition) is 1. The lowest BCUT2D eigenvalue weighted by atomic mass is 9.96. The van der Waals surface area contributed by atoms with Crippen molar-refractivity contribution in [2.45, 2.75) is 25.7 Å². The molecule has 90 valence electrons. The highest BCUT2D eigenvalue weighted by Gasteiger charge is 2.09. The summed E-state index contributed by atoms with van der Waals surface area (Å²) in [7, 11) is 0. The summed E-state index contributed by atoms with van der Waals surface area (Å²) in [5.74, 6) is 0.398. The number of hydrogen-bond acceptors (Lipinski definition) is 2. The standard InChI is InChI=1S/C13H20BrNO/c1-2-7-16-8-6-12(10-15)11-4-3-5-13(14)9-11/h3-5,9,12H,2,6-8,10,15H2,1H3. The Bertz CT molecular complexity index is 304. The van der Waals surface area contributed by atoms with Gasteiger partial charge in [0.15, 0.2) is 0 Å². The molecule has 0 aliphatic rings. The van der Waals surface area contributed by atoms with Crippen molar-refractivity contribution in [3.63, 3.8) is 0 Å². The zero-order chi connectivity index (χ0) is 11.8. The van der Waals surface area contributed by atoms with Crippen LogP contribution in [0.4, 0.5) is 0 Å². The lowest BCUT2D eigenvalue weighted by Crippen LogP contribution is -2.15. The third-order valence-electron chi connectivity index (χ3n) is 2.56. The minimum atomic E-state index is 0.398. The second-order valence-electron chi connectivity index (χ2n) is 3.89. The molecule has 0 radical (unpaired) electrons. The number of ether oxygens (including phenoxy) is 1. The van der Waals surface area contributed by atoms with Gasteiger partial charge in [-0.05, 0) is 43.0 Å². The zero-order valence-electron chi connectivity index (χ0n) is 9.79. The van der Waals surface area contributed by atoms with Crippen molar-refractivity contribution in [2.24, 2.45) is 5.73 Å². The molecule has 0 fully saturated rings. The van der Waals surface area contributed by atoms with Crippen LogP contribution in [0, 0.1) is 0 Å². The van der Waals surface area contributed by atoms with Gasteiger partial charge in [-0.1, -0.05) is 35.0 Å². The van der Waals surface area contributed by atoms with E-state index in [2.05, 4.69) is 41.1 Å². The lowest BCUT2D eigenvalue weighted by Gasteiger charge is -2.15. The van der Waals surface area contributed by atoms with Gasteiger partial charge in [0.05, 0.1) is 0 Å². The molecule has 0 aliphatic carbocycles. The second kappa shape index (κ2) is 7.82. The summed E-state index contributed by atoms with van der Waals surface area (Å²) in [4.78, 5) is 0. The SMILES string of the molecule is CCCOCCC(CN)c1cccc(Br)c1. The molecule has 1 aromatic carbocycles. The first kappa shape index (κ1) is 13.7. The van der Waals surface area contributed by atoms with Crippen molar-refractivity contribution in [1.82, 2.24) is 0 Å². The Balaban J connectivity index is 2.47. The van der Waals surface area contributed by atoms with E-state index in [0.717, 1.165) is 30.5 Å². The fourth-order valence-corrected chi connectivity index (χ4v) is 2.07. The monoisotopic (exact) mass is 285 g/mol. The average molecular weight is 286 g/mol. The molecule has 0 amide bonds. The van der Waals surface area contributed by atoms with Crippen molar-refractivity contribution < 1.29 is 4.74 Å². The summed E-state index contributed by atoms with van der Waals surface area (Å²) in [6.45, 7) is 4.43. The largest absolute Gasteiger partial charge is 0.381 e. The summed E-state index contributed by atoms with van der Waals surface area (Å²) < 4.78 is 6.61. The Morgan fingerprint density at radius 1 is 1.38 bits per heavy atom. The van der Waals surface area contributed by atoms with Crippen LogP contribution >= 0.6 is 15.9 Å². The van der Waals surface area contributed by atoms with Gasteiger partial charge in [-0.2, -0.15) is 0 Å². The van der Waals surface area contributed by atoms with Crippen LogP contribution in [0.2, 0.25) is 0 Å². The molecule has 0 bridgehead atoms. The lowest BCUT2D eigenvalue weighted by molar-refractivity contribution is 0.128. The fourth-order valence-electron chi connectivity index (χ4n) is 1.65. The van der Waals surface area contributed by atoms with Gasteiger partial charge in [0.2, 0.25) is 0 Å². The van der Waals surface area contributed by atoms with Crippen molar-refractivity contribution in [3.8, 4) is 0 Å². The summed E-state index contributed by atoms with van der Waals surface area (Å²) >= 11 is 3.48. The smallest absolute Gasteiger partial charge is 0.0472 e. The predicted octanol–water partition coefficient (Wildman–Crippen LogP) is 3.31. The Morgan fingerprint density at radius 2 is 2.19 bits per heavy atom. The maximum atomic E-state index is 5.80. The average Bonchev–Trinajstić information content (AvgIpc) is 2.29. The molecule has 1 atom stereocenters. The molecular formula is C13H20BrNO. The molecule has 0 saturated heterocycles. The van der Waals surface area contributed by atoms with Crippen LogP contribution in [-0.2, 0) is 4.74 Å². The van der Waals surface area contributed by atoms with Crippen molar-refractivity contribution in [3.05, 3.63) is 34.3 Å². The molecule has 1 unspecified atom stereocenters. The van der Waals surface area contributed by atoms with Gasteiger partial charge >= 0.3 is 0 Å². The molecule has 0 saturated carbocycles. The number of benzene rings is 1. The Hall–Kier alpha value is -0.380. The molecule has 0 spiro atoms. The molecule has 16 heavy (non-hydrogen) atoms. The van der Waals surface area contributed by atoms with E-state index < -0.39 is 0 Å². The highest BCUT2D eigenvalue weighted by atomic mass is 79.9. The van der Waals surface area contributed by atoms with E-state index in [-0.39, 0.29) is 0 Å². The van der Waals surface area contributed by atoms with Gasteiger partial charge in [0, 0.05) is 17.7 Å². The van der Waals surface area contributed by atoms with Crippen molar-refractivity contribution >= 4 is 15.9 Å². The first-order valence-corrected chi connectivity index (χ1v) is 6.60. The van der Waals surface area contributed by atoms with E-state index in [0.29, 0.717) is 12.5 Å². The van der Waals surface area contributed by atoms with Crippen molar-refractivity contribution in [1.29, 1.82) is 0 Å². The molecule has 1 aromatic rings. The predicted molar refractivity (Wildman–Crippen MR) is 71.7 cm³/mol. The van der Waals surface area contributed by atoms with Crippen molar-refractivity contribution in [2.75, 3.05) is 19.8 Å². The van der Waals surface area contributed by atoms with Gasteiger partial charge in [-0.25, -0.2) is 0 Å². The van der Waals surface area contributed by atoms with E-state index in [4.69, 9.17) is 10.5 Å². The molecule has 2 nitrogen and oxygen atoms in total. The Morgan fingerprint density at radius 3 is 2.81 bits per heavy atom. The van der Waals surface area contributed by atoms with Crippen LogP contribution < -0.4 is 5.73 Å². The van der Waals surface area contributed by atoms with E-state index in [1.165, 1.54) is 5.56 Å². The van der Waals surface area contributed by atoms with E-state index >= 15 is 0 Å². The van der Waals surface area contributed by atoms with Gasteiger partial charge in [0.1, 0.15) is 0 Å². The fraction of sp³-hybridized carbons (Fsp3) is 0.538. The molecule has 0 heterocycles. The third kappa shape index (κ3) is 4.64. The van der Waals surface area contributed by atoms with Crippen LogP contribution in [0.5, 0.6) is 0 Å². The topological polar surface area (TPSA) is 35.2 Å². The highest BCUT2D eigenvalue weighted by molar-refractivity contribution is 9.10. The van der Waals surface area contributed by atoms with Crippen LogP contribution in [0.25, 0.3) is 0 Å². The van der Waals surface area contributed by atoms with E-state index in [1.54, 1.807) is 0 Å². The third-order valence-corrected chi connectivity index (χ3v) is 3.06. The molecule has 2 N–H and O–H groups in total. The zero-order valence-corrected chi connectivity index (χ0v) is 11.4. The van der Waals surface area contributed by atoms with E-state index in [1.807, 2.05) is 6.07 Å². The van der Waals surface area contributed by atoms with Crippen LogP contribution in [0.3, 0.4) is 0 Å². The minimum absolute atomic E-state index is 0.398. The van der Waals surface area contributed by atoms with Gasteiger partial charge in [-0.15, -0.1) is 0 Å². The maximum Gasteiger partial charge on any atom is 0.0472 e. The van der Waals surface area contributed by atoms with Crippen LogP contribution in [0.1, 0.15) is 31.2 Å². The molecular weight excluding hydrogens is 266 g/mol. The molecule has 3 heteroatoms. The quantitative estimate of drug-likeness (QED) is 0.780. The summed E-state index contributed by atoms with van der Waals surface area (Å²) in [6, 6.07) is 8.35. The number of nitrogens with two attached hydrogens (primary N) is 1. The molecule has 0 aromatic heterocycles. The summed E-state index contributed by atoms with van der Waals surface area (Å²) in [5, 5.41) is 0. The van der Waals surface area contributed by atoms with Gasteiger partial charge in [-0.3, -0.25) is 0 Å².